The maximum Gasteiger partial charge on any atom is 0.573 e. The number of aryl methyl sites for hydroxylation is 4. The predicted molar refractivity (Wildman–Crippen MR) is 282 cm³/mol. The number of hydrogen-bond donors (Lipinski definition) is 3. The quantitative estimate of drug-likeness (QED) is 0.0363. The van der Waals surface area contributed by atoms with Gasteiger partial charge in [0.25, 0.3) is 11.8 Å². The maximum absolute atomic E-state index is 12.5. The summed E-state index contributed by atoms with van der Waals surface area (Å²) in [5, 5.41) is 14.1. The number of carbonyl (C=O) groups is 4. The number of amides is 2. The number of benzene rings is 5. The van der Waals surface area contributed by atoms with Crippen molar-refractivity contribution in [1.29, 1.82) is 0 Å². The van der Waals surface area contributed by atoms with Gasteiger partial charge in [-0.3, -0.25) is 19.2 Å². The minimum Gasteiger partial charge on any atom is -0.486 e. The number of unbranched alkanes of at least 4 members (excludes halogenated alkanes) is 6. The molecule has 0 aliphatic heterocycles. The van der Waals surface area contributed by atoms with Crippen LogP contribution in [0, 0.1) is 27.7 Å². The predicted octanol–water partition coefficient (Wildman–Crippen LogP) is 14.6. The van der Waals surface area contributed by atoms with Gasteiger partial charge in [-0.15, -0.1) is 13.2 Å². The summed E-state index contributed by atoms with van der Waals surface area (Å²) in [4.78, 5) is 46.6. The van der Waals surface area contributed by atoms with Crippen molar-refractivity contribution in [3.05, 3.63) is 146 Å². The lowest BCUT2D eigenvalue weighted by Crippen LogP contribution is -2.26. The lowest BCUT2D eigenvalue weighted by atomic mass is 9.95. The van der Waals surface area contributed by atoms with Crippen molar-refractivity contribution in [2.24, 2.45) is 0 Å². The average Bonchev–Trinajstić information content (AvgIpc) is 3.35. The highest BCUT2D eigenvalue weighted by atomic mass is 79.9. The molecule has 0 aliphatic carbocycles. The molecule has 5 aromatic rings. The molecule has 5 rings (SSSR count). The van der Waals surface area contributed by atoms with E-state index in [0.717, 1.165) is 99.7 Å². The van der Waals surface area contributed by atoms with Gasteiger partial charge in [-0.25, -0.2) is 0 Å². The summed E-state index contributed by atoms with van der Waals surface area (Å²) in [5.41, 5.74) is 8.76. The highest BCUT2D eigenvalue weighted by molar-refractivity contribution is 9.10. The number of aliphatic carboxylic acids is 1. The number of halogens is 4. The molecule has 0 heterocycles. The number of esters is 1. The molecule has 73 heavy (non-hydrogen) atoms. The van der Waals surface area contributed by atoms with Gasteiger partial charge in [0.1, 0.15) is 29.5 Å². The van der Waals surface area contributed by atoms with Gasteiger partial charge in [-0.05, 0) is 159 Å². The number of carboxylic acids is 1. The lowest BCUT2D eigenvalue weighted by molar-refractivity contribution is -0.274. The fourth-order valence-electron chi connectivity index (χ4n) is 8.24. The zero-order chi connectivity index (χ0) is 53.5. The molecule has 15 heteroatoms. The highest BCUT2D eigenvalue weighted by Crippen LogP contribution is 2.36. The van der Waals surface area contributed by atoms with Gasteiger partial charge in [0.15, 0.2) is 0 Å². The van der Waals surface area contributed by atoms with Crippen molar-refractivity contribution in [2.75, 3.05) is 20.2 Å². The number of alkyl halides is 3. The molecule has 0 radical (unpaired) electrons. The second kappa shape index (κ2) is 30.0. The molecular weight excluding hydrogens is 1010 g/mol. The van der Waals surface area contributed by atoms with Crippen LogP contribution in [-0.4, -0.2) is 55.4 Å². The average molecular weight is 1080 g/mol. The fourth-order valence-corrected chi connectivity index (χ4v) is 8.47. The molecule has 394 valence electrons. The number of hydrogen-bond acceptors (Lipinski definition) is 8. The second-order valence-corrected chi connectivity index (χ2v) is 18.8. The van der Waals surface area contributed by atoms with E-state index in [4.69, 9.17) is 14.6 Å². The minimum atomic E-state index is -4.74. The van der Waals surface area contributed by atoms with Gasteiger partial charge in [0.05, 0.1) is 20.0 Å². The third-order valence-corrected chi connectivity index (χ3v) is 13.3. The number of methoxy groups -OCH3 is 1. The molecular formula is C58H70BrF3N2O9. The van der Waals surface area contributed by atoms with Crippen molar-refractivity contribution in [3.63, 3.8) is 0 Å². The van der Waals surface area contributed by atoms with Crippen molar-refractivity contribution in [1.82, 2.24) is 10.6 Å². The summed E-state index contributed by atoms with van der Waals surface area (Å²) in [6.07, 6.45) is 5.58. The Morgan fingerprint density at radius 1 is 0.589 bits per heavy atom. The molecule has 11 nitrogen and oxygen atoms in total. The van der Waals surface area contributed by atoms with Gasteiger partial charge >= 0.3 is 18.3 Å². The molecule has 2 amide bonds. The molecule has 0 fully saturated rings. The third-order valence-electron chi connectivity index (χ3n) is 12.0. The first-order chi connectivity index (χ1) is 34.8. The second-order valence-electron chi connectivity index (χ2n) is 18.0. The van der Waals surface area contributed by atoms with E-state index in [1.54, 1.807) is 24.3 Å². The van der Waals surface area contributed by atoms with Crippen LogP contribution in [0.15, 0.2) is 102 Å². The van der Waals surface area contributed by atoms with E-state index >= 15 is 0 Å². The Hall–Kier alpha value is -6.35. The molecule has 0 aromatic heterocycles. The molecule has 3 N–H and O–H groups in total. The van der Waals surface area contributed by atoms with Crippen molar-refractivity contribution >= 4 is 39.7 Å². The van der Waals surface area contributed by atoms with Crippen LogP contribution in [0.3, 0.4) is 0 Å². The number of rotatable bonds is 26. The highest BCUT2D eigenvalue weighted by Gasteiger charge is 2.31. The molecule has 5 aromatic carbocycles. The molecule has 0 saturated heterocycles. The van der Waals surface area contributed by atoms with E-state index in [0.29, 0.717) is 16.9 Å². The Bertz CT molecular complexity index is 2500. The number of nitrogens with one attached hydrogen (secondary N) is 2. The number of carbonyl (C=O) groups excluding carboxylic acids is 3. The van der Waals surface area contributed by atoms with Crippen molar-refractivity contribution in [2.45, 2.75) is 137 Å². The van der Waals surface area contributed by atoms with Crippen LogP contribution >= 0.6 is 15.9 Å². The fraction of sp³-hybridized carbons (Fsp3) is 0.414. The van der Waals surface area contributed by atoms with E-state index in [1.165, 1.54) is 38.5 Å². The molecule has 0 bridgehead atoms. The normalized spacial score (nSPS) is 11.9. The zero-order valence-electron chi connectivity index (χ0n) is 43.0. The lowest BCUT2D eigenvalue weighted by Gasteiger charge is -2.22. The topological polar surface area (TPSA) is 149 Å². The summed E-state index contributed by atoms with van der Waals surface area (Å²) >= 11 is 3.62. The Morgan fingerprint density at radius 2 is 1.01 bits per heavy atom. The van der Waals surface area contributed by atoms with E-state index in [2.05, 4.69) is 75.9 Å². The van der Waals surface area contributed by atoms with Crippen LogP contribution in [0.2, 0.25) is 0 Å². The summed E-state index contributed by atoms with van der Waals surface area (Å²) in [5.74, 6) is -0.605. The first-order valence-electron chi connectivity index (χ1n) is 24.9. The standard InChI is InChI=1S/C32H36F3NO5.C26H34BrNO4/c1-4-5-6-7-8-28(23-9-11-25(12-10-23)31(39)36-18-17-29(37)38)40-27-19-21(2)30(22(3)20-27)24-13-15-26(16-14-24)41-32(33,34)35;1-5-6-7-8-9-23(32-22-16-18(2)25(27)19(3)17-22)20-10-12-21(13-11-20)26(30)28-15-14-24(29)31-4/h9-16,19-20,28H,4-8,17-18H2,1-3H3,(H,36,39)(H,37,38);10-13,16-17,23H,5-9,14-15H2,1-4H3,(H,28,30). The molecule has 0 aliphatic rings. The molecule has 2 atom stereocenters. The van der Waals surface area contributed by atoms with Crippen LogP contribution in [0.25, 0.3) is 11.1 Å². The van der Waals surface area contributed by atoms with Gasteiger partial charge < -0.3 is 34.7 Å². The van der Waals surface area contributed by atoms with Crippen molar-refractivity contribution < 1.29 is 56.4 Å². The Balaban J connectivity index is 0.000000327. The largest absolute Gasteiger partial charge is 0.573 e. The summed E-state index contributed by atoms with van der Waals surface area (Å²) in [6.45, 7) is 12.7. The molecule has 0 saturated carbocycles. The third kappa shape index (κ3) is 20.2. The Kier molecular flexibility index (Phi) is 24.3. The monoisotopic (exact) mass is 1070 g/mol. The summed E-state index contributed by atoms with van der Waals surface area (Å²) < 4.78 is 60.2. The SMILES string of the molecule is CCCCCCC(Oc1cc(C)c(-c2ccc(OC(F)(F)F)cc2)c(C)c1)c1ccc(C(=O)NCCC(=O)O)cc1.CCCCCCC(Oc1cc(C)c(Br)c(C)c1)c1ccc(C(=O)NCCC(=O)OC)cc1. The van der Waals surface area contributed by atoms with Gasteiger partial charge in [0, 0.05) is 28.7 Å². The molecule has 2 unspecified atom stereocenters. The van der Waals surface area contributed by atoms with Crippen LogP contribution in [0.5, 0.6) is 17.2 Å². The first-order valence-corrected chi connectivity index (χ1v) is 25.7. The molecule has 0 spiro atoms. The Morgan fingerprint density at radius 3 is 1.41 bits per heavy atom. The Labute approximate surface area is 436 Å². The van der Waals surface area contributed by atoms with Crippen LogP contribution in [0.4, 0.5) is 13.2 Å². The van der Waals surface area contributed by atoms with E-state index in [1.807, 2.05) is 62.4 Å². The summed E-state index contributed by atoms with van der Waals surface area (Å²) in [7, 11) is 1.33. The summed E-state index contributed by atoms with van der Waals surface area (Å²) in [6, 6.07) is 28.4. The minimum absolute atomic E-state index is 0.0548. The first kappa shape index (κ1) is 59.2. The van der Waals surface area contributed by atoms with Gasteiger partial charge in [-0.2, -0.15) is 0 Å². The van der Waals surface area contributed by atoms with Crippen molar-refractivity contribution in [3.8, 4) is 28.4 Å². The smallest absolute Gasteiger partial charge is 0.486 e. The van der Waals surface area contributed by atoms with Crippen LogP contribution < -0.4 is 24.8 Å². The number of ether oxygens (including phenoxy) is 4. The van der Waals surface area contributed by atoms with Crippen LogP contribution in [0.1, 0.15) is 157 Å². The van der Waals surface area contributed by atoms with E-state index in [9.17, 15) is 32.3 Å². The van der Waals surface area contributed by atoms with Crippen LogP contribution in [-0.2, 0) is 14.3 Å². The van der Waals surface area contributed by atoms with Gasteiger partial charge in [-0.1, -0.05) is 105 Å². The van der Waals surface area contributed by atoms with E-state index in [-0.39, 0.29) is 61.7 Å². The van der Waals surface area contributed by atoms with Gasteiger partial charge in [0.2, 0.25) is 0 Å². The van der Waals surface area contributed by atoms with E-state index < -0.39 is 12.3 Å². The zero-order valence-corrected chi connectivity index (χ0v) is 44.6. The maximum atomic E-state index is 12.5. The number of carboxylic acid groups (broad SMARTS) is 1.